The smallest absolute Gasteiger partial charge is 0.249 e. The minimum Gasteiger partial charge on any atom is -0.491 e. The van der Waals surface area contributed by atoms with E-state index < -0.39 is 0 Å². The van der Waals surface area contributed by atoms with Crippen molar-refractivity contribution in [3.63, 3.8) is 0 Å². The van der Waals surface area contributed by atoms with Crippen LogP contribution in [0.15, 0.2) is 48.8 Å². The zero-order valence-electron chi connectivity index (χ0n) is 12.7. The highest BCUT2D eigenvalue weighted by Gasteiger charge is 2.13. The number of aromatic nitrogens is 4. The summed E-state index contributed by atoms with van der Waals surface area (Å²) in [5, 5.41) is 19.1. The standard InChI is InChI=1S/C16H18N4O2/c1-17-15(21)7-9-19(17)11-13-3-5-14(6-4-13)12-20-10-8-16(22)18(20)2/h3-10H,11-12H2,1-2H3/p+2. The van der Waals surface area contributed by atoms with E-state index in [9.17, 15) is 10.2 Å². The number of hydrogen-bond donors (Lipinski definition) is 2. The highest BCUT2D eigenvalue weighted by Crippen LogP contribution is 2.07. The minimum absolute atomic E-state index is 0.247. The number of hydrogen-bond acceptors (Lipinski definition) is 2. The van der Waals surface area contributed by atoms with E-state index in [0.717, 1.165) is 11.1 Å². The van der Waals surface area contributed by atoms with Gasteiger partial charge >= 0.3 is 0 Å². The van der Waals surface area contributed by atoms with Gasteiger partial charge in [-0.2, -0.15) is 0 Å². The molecule has 0 amide bonds. The number of benzene rings is 1. The van der Waals surface area contributed by atoms with Crippen molar-refractivity contribution in [1.82, 2.24) is 9.36 Å². The van der Waals surface area contributed by atoms with Crippen molar-refractivity contribution in [1.29, 1.82) is 0 Å². The summed E-state index contributed by atoms with van der Waals surface area (Å²) >= 11 is 0. The Bertz CT molecular complexity index is 720. The van der Waals surface area contributed by atoms with E-state index >= 15 is 0 Å². The lowest BCUT2D eigenvalue weighted by atomic mass is 10.1. The largest absolute Gasteiger partial charge is 0.491 e. The minimum atomic E-state index is 0.247. The second-order valence-electron chi connectivity index (χ2n) is 5.41. The van der Waals surface area contributed by atoms with Crippen LogP contribution in [0.25, 0.3) is 0 Å². The third kappa shape index (κ3) is 2.67. The van der Waals surface area contributed by atoms with Crippen molar-refractivity contribution in [2.45, 2.75) is 13.1 Å². The van der Waals surface area contributed by atoms with Crippen LogP contribution in [0.5, 0.6) is 11.8 Å². The first kappa shape index (κ1) is 14.2. The van der Waals surface area contributed by atoms with Crippen molar-refractivity contribution in [2.75, 3.05) is 0 Å². The molecule has 3 rings (SSSR count). The molecule has 2 N–H and O–H groups in total. The molecule has 6 nitrogen and oxygen atoms in total. The fourth-order valence-corrected chi connectivity index (χ4v) is 2.43. The first-order valence-corrected chi connectivity index (χ1v) is 7.11. The van der Waals surface area contributed by atoms with E-state index in [0.29, 0.717) is 13.1 Å². The predicted molar refractivity (Wildman–Crippen MR) is 79.2 cm³/mol. The van der Waals surface area contributed by atoms with Crippen molar-refractivity contribution in [2.24, 2.45) is 14.1 Å². The van der Waals surface area contributed by atoms with Gasteiger partial charge in [-0.05, 0) is 0 Å². The number of aromatic hydroxyl groups is 2. The summed E-state index contributed by atoms with van der Waals surface area (Å²) in [4.78, 5) is 0. The lowest BCUT2D eigenvalue weighted by molar-refractivity contribution is -0.766. The van der Waals surface area contributed by atoms with Gasteiger partial charge in [0.05, 0.1) is 26.2 Å². The Labute approximate surface area is 128 Å². The second-order valence-corrected chi connectivity index (χ2v) is 5.41. The van der Waals surface area contributed by atoms with Gasteiger partial charge in [-0.1, -0.05) is 24.3 Å². The molecule has 0 aliphatic heterocycles. The lowest BCUT2D eigenvalue weighted by Gasteiger charge is -2.01. The summed E-state index contributed by atoms with van der Waals surface area (Å²) in [5.74, 6) is 0.494. The maximum Gasteiger partial charge on any atom is 0.249 e. The zero-order chi connectivity index (χ0) is 15.7. The van der Waals surface area contributed by atoms with E-state index in [4.69, 9.17) is 0 Å². The van der Waals surface area contributed by atoms with Crippen LogP contribution in [-0.2, 0) is 27.2 Å². The molecule has 0 spiro atoms. The fourth-order valence-electron chi connectivity index (χ4n) is 2.43. The first-order chi connectivity index (χ1) is 10.5. The van der Waals surface area contributed by atoms with Gasteiger partial charge in [0, 0.05) is 11.1 Å². The quantitative estimate of drug-likeness (QED) is 0.687. The van der Waals surface area contributed by atoms with Crippen LogP contribution in [-0.4, -0.2) is 19.6 Å². The first-order valence-electron chi connectivity index (χ1n) is 7.11. The van der Waals surface area contributed by atoms with Crippen LogP contribution in [0.2, 0.25) is 0 Å². The van der Waals surface area contributed by atoms with Crippen LogP contribution in [0.1, 0.15) is 11.1 Å². The van der Waals surface area contributed by atoms with Crippen molar-refractivity contribution in [3.05, 3.63) is 59.9 Å². The Morgan fingerprint density at radius 1 is 0.727 bits per heavy atom. The highest BCUT2D eigenvalue weighted by atomic mass is 16.3. The van der Waals surface area contributed by atoms with Gasteiger partial charge in [0.25, 0.3) is 0 Å². The van der Waals surface area contributed by atoms with Gasteiger partial charge in [0.1, 0.15) is 0 Å². The van der Waals surface area contributed by atoms with Crippen LogP contribution in [0.4, 0.5) is 0 Å². The summed E-state index contributed by atoms with van der Waals surface area (Å²) in [7, 11) is 3.64. The summed E-state index contributed by atoms with van der Waals surface area (Å²) in [5.41, 5.74) is 2.32. The van der Waals surface area contributed by atoms with Gasteiger partial charge in [0.2, 0.25) is 11.8 Å². The van der Waals surface area contributed by atoms with Crippen molar-refractivity contribution < 1.29 is 19.6 Å². The monoisotopic (exact) mass is 300 g/mol. The Morgan fingerprint density at radius 2 is 1.09 bits per heavy atom. The molecule has 3 aromatic rings. The van der Waals surface area contributed by atoms with Crippen LogP contribution in [0.3, 0.4) is 0 Å². The summed E-state index contributed by atoms with van der Waals surface area (Å²) in [6.07, 6.45) is 3.71. The SMILES string of the molecule is Cn1c(O)cc[n+]1Cc1ccc(C[n+]2ccc(O)n2C)cc1. The van der Waals surface area contributed by atoms with Crippen LogP contribution < -0.4 is 9.36 Å². The lowest BCUT2D eigenvalue weighted by Crippen LogP contribution is -2.42. The molecule has 0 aliphatic carbocycles. The Balaban J connectivity index is 1.73. The molecule has 2 heterocycles. The molecule has 0 saturated carbocycles. The number of nitrogens with zero attached hydrogens (tertiary/aromatic N) is 4. The average molecular weight is 300 g/mol. The maximum absolute atomic E-state index is 9.57. The third-order valence-corrected chi connectivity index (χ3v) is 3.94. The molecule has 0 atom stereocenters. The van der Waals surface area contributed by atoms with E-state index in [1.54, 1.807) is 21.5 Å². The van der Waals surface area contributed by atoms with E-state index in [1.165, 1.54) is 0 Å². The summed E-state index contributed by atoms with van der Waals surface area (Å²) in [6.45, 7) is 1.41. The molecule has 114 valence electrons. The number of rotatable bonds is 4. The molecule has 0 saturated heterocycles. The molecular weight excluding hydrogens is 280 g/mol. The van der Waals surface area contributed by atoms with Crippen molar-refractivity contribution >= 4 is 0 Å². The molecule has 0 bridgehead atoms. The maximum atomic E-state index is 9.57. The summed E-state index contributed by atoms with van der Waals surface area (Å²) in [6, 6.07) is 11.7. The second kappa shape index (κ2) is 5.55. The molecule has 0 fully saturated rings. The van der Waals surface area contributed by atoms with Gasteiger partial charge < -0.3 is 10.2 Å². The molecule has 0 aliphatic rings. The van der Waals surface area contributed by atoms with E-state index in [2.05, 4.69) is 24.3 Å². The summed E-state index contributed by atoms with van der Waals surface area (Å²) < 4.78 is 7.29. The average Bonchev–Trinajstić information content (AvgIpc) is 3.00. The van der Waals surface area contributed by atoms with Crippen LogP contribution >= 0.6 is 0 Å². The molecular formula is C16H20N4O2+2. The van der Waals surface area contributed by atoms with Gasteiger partial charge in [-0.25, -0.2) is 0 Å². The van der Waals surface area contributed by atoms with E-state index in [-0.39, 0.29) is 11.8 Å². The molecule has 6 heteroatoms. The van der Waals surface area contributed by atoms with E-state index in [1.807, 2.05) is 35.9 Å². The molecule has 1 aromatic carbocycles. The highest BCUT2D eigenvalue weighted by molar-refractivity contribution is 5.21. The van der Waals surface area contributed by atoms with Crippen LogP contribution in [0, 0.1) is 0 Å². The molecule has 22 heavy (non-hydrogen) atoms. The zero-order valence-corrected chi connectivity index (χ0v) is 12.7. The normalized spacial score (nSPS) is 11.0. The van der Waals surface area contributed by atoms with Crippen molar-refractivity contribution in [3.8, 4) is 11.8 Å². The predicted octanol–water partition coefficient (Wildman–Crippen LogP) is 0.446. The topological polar surface area (TPSA) is 58.1 Å². The molecule has 0 radical (unpaired) electrons. The third-order valence-electron chi connectivity index (χ3n) is 3.94. The van der Waals surface area contributed by atoms with Gasteiger partial charge in [0.15, 0.2) is 25.5 Å². The Morgan fingerprint density at radius 3 is 1.36 bits per heavy atom. The van der Waals surface area contributed by atoms with Gasteiger partial charge in [-0.15, -0.1) is 18.7 Å². The van der Waals surface area contributed by atoms with Gasteiger partial charge in [-0.3, -0.25) is 0 Å². The molecule has 2 aromatic heterocycles. The molecule has 0 unspecified atom stereocenters. The Kier molecular flexibility index (Phi) is 3.58. The Hall–Kier alpha value is -2.76. The fraction of sp³-hybridized carbons (Fsp3) is 0.250.